The molecule has 0 aromatic carbocycles. The van der Waals surface area contributed by atoms with E-state index >= 15 is 0 Å². The van der Waals surface area contributed by atoms with Gasteiger partial charge in [-0.1, -0.05) is 12.2 Å². The van der Waals surface area contributed by atoms with E-state index in [1.807, 2.05) is 19.1 Å². The molecule has 1 fully saturated rings. The van der Waals surface area contributed by atoms with Gasteiger partial charge in [0.2, 0.25) is 5.91 Å². The van der Waals surface area contributed by atoms with Gasteiger partial charge < -0.3 is 10.1 Å². The molecule has 1 aliphatic rings. The molecule has 0 radical (unpaired) electrons. The molecule has 0 aromatic heterocycles. The number of carbonyl (C=O) groups excluding carboxylic acids is 1. The summed E-state index contributed by atoms with van der Waals surface area (Å²) >= 11 is 0. The minimum Gasteiger partial charge on any atom is -0.381 e. The molecule has 0 saturated heterocycles. The maximum Gasteiger partial charge on any atom is 0.223 e. The first-order valence-corrected chi connectivity index (χ1v) is 4.69. The zero-order valence-corrected chi connectivity index (χ0v) is 8.25. The van der Waals surface area contributed by atoms with Crippen LogP contribution in [0.3, 0.4) is 0 Å². The Balaban J connectivity index is 2.12. The quantitative estimate of drug-likeness (QED) is 0.663. The summed E-state index contributed by atoms with van der Waals surface area (Å²) in [7, 11) is 1.69. The number of rotatable bonds is 4. The van der Waals surface area contributed by atoms with Crippen LogP contribution in [0, 0.1) is 5.92 Å². The van der Waals surface area contributed by atoms with Crippen molar-refractivity contribution in [2.75, 3.05) is 13.7 Å². The molecule has 0 aliphatic heterocycles. The summed E-state index contributed by atoms with van der Waals surface area (Å²) in [5.41, 5.74) is 0. The van der Waals surface area contributed by atoms with Crippen LogP contribution in [0.2, 0.25) is 0 Å². The molecule has 3 heteroatoms. The smallest absolute Gasteiger partial charge is 0.223 e. The summed E-state index contributed by atoms with van der Waals surface area (Å²) in [6, 6.07) is 0. The van der Waals surface area contributed by atoms with Crippen molar-refractivity contribution in [3.63, 3.8) is 0 Å². The normalized spacial score (nSPS) is 27.2. The fraction of sp³-hybridized carbons (Fsp3) is 0.700. The van der Waals surface area contributed by atoms with Crippen LogP contribution in [0.25, 0.3) is 0 Å². The third-order valence-corrected chi connectivity index (χ3v) is 2.43. The van der Waals surface area contributed by atoms with Gasteiger partial charge in [0.05, 0.1) is 6.10 Å². The fourth-order valence-corrected chi connectivity index (χ4v) is 1.39. The van der Waals surface area contributed by atoms with Crippen molar-refractivity contribution in [3.05, 3.63) is 12.2 Å². The van der Waals surface area contributed by atoms with E-state index in [1.165, 1.54) is 0 Å². The Morgan fingerprint density at radius 1 is 1.62 bits per heavy atom. The van der Waals surface area contributed by atoms with Crippen LogP contribution in [-0.2, 0) is 9.53 Å². The average molecular weight is 183 g/mol. The summed E-state index contributed by atoms with van der Waals surface area (Å²) in [6.45, 7) is 2.58. The third kappa shape index (κ3) is 2.84. The highest BCUT2D eigenvalue weighted by Gasteiger charge is 2.33. The van der Waals surface area contributed by atoms with Gasteiger partial charge in [-0.05, 0) is 19.8 Å². The predicted octanol–water partition coefficient (Wildman–Crippen LogP) is 1.10. The maximum atomic E-state index is 11.4. The number of nitrogens with one attached hydrogen (secondary N) is 1. The van der Waals surface area contributed by atoms with Gasteiger partial charge in [-0.15, -0.1) is 0 Å². The molecule has 1 N–H and O–H groups in total. The van der Waals surface area contributed by atoms with Crippen LogP contribution in [0.5, 0.6) is 0 Å². The van der Waals surface area contributed by atoms with Crippen molar-refractivity contribution in [1.29, 1.82) is 0 Å². The number of methoxy groups -OCH3 is 1. The van der Waals surface area contributed by atoms with Crippen molar-refractivity contribution in [2.45, 2.75) is 25.9 Å². The minimum absolute atomic E-state index is 0.159. The molecule has 0 aromatic rings. The van der Waals surface area contributed by atoms with Crippen molar-refractivity contribution in [3.8, 4) is 0 Å². The highest BCUT2D eigenvalue weighted by molar-refractivity contribution is 5.79. The Kier molecular flexibility index (Phi) is 3.96. The number of hydrogen-bond acceptors (Lipinski definition) is 2. The molecule has 1 amide bonds. The van der Waals surface area contributed by atoms with Crippen LogP contribution in [0.15, 0.2) is 12.2 Å². The van der Waals surface area contributed by atoms with E-state index in [9.17, 15) is 4.79 Å². The number of carbonyl (C=O) groups is 1. The first-order valence-electron chi connectivity index (χ1n) is 4.69. The molecule has 13 heavy (non-hydrogen) atoms. The Morgan fingerprint density at radius 2 is 2.31 bits per heavy atom. The van der Waals surface area contributed by atoms with E-state index in [1.54, 1.807) is 7.11 Å². The maximum absolute atomic E-state index is 11.4. The van der Waals surface area contributed by atoms with Gasteiger partial charge in [-0.2, -0.15) is 0 Å². The summed E-state index contributed by atoms with van der Waals surface area (Å²) in [4.78, 5) is 11.4. The first-order chi connectivity index (χ1) is 6.27. The summed E-state index contributed by atoms with van der Waals surface area (Å²) in [5.74, 6) is 0.335. The second-order valence-electron chi connectivity index (χ2n) is 3.34. The largest absolute Gasteiger partial charge is 0.381 e. The van der Waals surface area contributed by atoms with Gasteiger partial charge in [0.1, 0.15) is 0 Å². The van der Waals surface area contributed by atoms with Gasteiger partial charge >= 0.3 is 0 Å². The molecule has 0 bridgehead atoms. The SMILES string of the molecule is C/C=C/CNC(=O)C1CC(OC)C1. The fourth-order valence-electron chi connectivity index (χ4n) is 1.39. The molecule has 0 unspecified atom stereocenters. The lowest BCUT2D eigenvalue weighted by molar-refractivity contribution is -0.132. The Bertz CT molecular complexity index is 195. The summed E-state index contributed by atoms with van der Waals surface area (Å²) < 4.78 is 5.10. The van der Waals surface area contributed by atoms with E-state index < -0.39 is 0 Å². The molecule has 0 spiro atoms. The van der Waals surface area contributed by atoms with Crippen LogP contribution in [0.1, 0.15) is 19.8 Å². The zero-order chi connectivity index (χ0) is 9.68. The molecule has 1 rings (SSSR count). The van der Waals surface area contributed by atoms with E-state index in [0.29, 0.717) is 12.6 Å². The molecule has 74 valence electrons. The second-order valence-corrected chi connectivity index (χ2v) is 3.34. The lowest BCUT2D eigenvalue weighted by Crippen LogP contribution is -2.41. The van der Waals surface area contributed by atoms with Crippen molar-refractivity contribution < 1.29 is 9.53 Å². The number of amides is 1. The molecule has 3 nitrogen and oxygen atoms in total. The van der Waals surface area contributed by atoms with Crippen LogP contribution in [0.4, 0.5) is 0 Å². The Labute approximate surface area is 79.2 Å². The standard InChI is InChI=1S/C10H17NO2/c1-3-4-5-11-10(12)8-6-9(7-8)13-2/h3-4,8-9H,5-7H2,1-2H3,(H,11,12)/b4-3+. The molecule has 0 heterocycles. The number of ether oxygens (including phenoxy) is 1. The van der Waals surface area contributed by atoms with Crippen LogP contribution in [-0.4, -0.2) is 25.7 Å². The summed E-state index contributed by atoms with van der Waals surface area (Å²) in [6.07, 6.45) is 5.91. The van der Waals surface area contributed by atoms with Gasteiger partial charge in [-0.25, -0.2) is 0 Å². The third-order valence-electron chi connectivity index (χ3n) is 2.43. The average Bonchev–Trinajstić information content (AvgIpc) is 2.03. The highest BCUT2D eigenvalue weighted by Crippen LogP contribution is 2.29. The Morgan fingerprint density at radius 3 is 2.85 bits per heavy atom. The van der Waals surface area contributed by atoms with Gasteiger partial charge in [-0.3, -0.25) is 4.79 Å². The van der Waals surface area contributed by atoms with Crippen molar-refractivity contribution >= 4 is 5.91 Å². The molecular formula is C10H17NO2. The van der Waals surface area contributed by atoms with Crippen molar-refractivity contribution in [1.82, 2.24) is 5.32 Å². The van der Waals surface area contributed by atoms with Crippen molar-refractivity contribution in [2.24, 2.45) is 5.92 Å². The molecule has 1 aliphatic carbocycles. The monoisotopic (exact) mass is 183 g/mol. The summed E-state index contributed by atoms with van der Waals surface area (Å²) in [5, 5.41) is 2.85. The van der Waals surface area contributed by atoms with Gasteiger partial charge in [0.25, 0.3) is 0 Å². The Hall–Kier alpha value is -0.830. The highest BCUT2D eigenvalue weighted by atomic mass is 16.5. The zero-order valence-electron chi connectivity index (χ0n) is 8.25. The van der Waals surface area contributed by atoms with Gasteiger partial charge in [0, 0.05) is 19.6 Å². The van der Waals surface area contributed by atoms with E-state index in [-0.39, 0.29) is 11.8 Å². The molecule has 0 atom stereocenters. The minimum atomic E-state index is 0.159. The molecular weight excluding hydrogens is 166 g/mol. The predicted molar refractivity (Wildman–Crippen MR) is 51.3 cm³/mol. The number of hydrogen-bond donors (Lipinski definition) is 1. The topological polar surface area (TPSA) is 38.3 Å². The van der Waals surface area contributed by atoms with Crippen LogP contribution >= 0.6 is 0 Å². The van der Waals surface area contributed by atoms with E-state index in [4.69, 9.17) is 4.74 Å². The van der Waals surface area contributed by atoms with E-state index in [0.717, 1.165) is 12.8 Å². The lowest BCUT2D eigenvalue weighted by atomic mass is 9.81. The number of allylic oxidation sites excluding steroid dienone is 1. The van der Waals surface area contributed by atoms with Crippen LogP contribution < -0.4 is 5.32 Å². The van der Waals surface area contributed by atoms with E-state index in [2.05, 4.69) is 5.32 Å². The first kappa shape index (κ1) is 10.3. The second kappa shape index (κ2) is 5.02. The van der Waals surface area contributed by atoms with Gasteiger partial charge in [0.15, 0.2) is 0 Å². The lowest BCUT2D eigenvalue weighted by Gasteiger charge is -2.32. The molecule has 1 saturated carbocycles.